The van der Waals surface area contributed by atoms with Gasteiger partial charge in [-0.25, -0.2) is 0 Å². The third-order valence-corrected chi connectivity index (χ3v) is 2.43. The number of carbonyl (C=O) groups is 1. The molecule has 0 spiro atoms. The van der Waals surface area contributed by atoms with E-state index in [1.54, 1.807) is 0 Å². The molecule has 1 saturated carbocycles. The van der Waals surface area contributed by atoms with Gasteiger partial charge in [-0.15, -0.1) is 0 Å². The molecule has 76 valence electrons. The molecule has 0 atom stereocenters. The minimum Gasteiger partial charge on any atom is -0.465 e. The summed E-state index contributed by atoms with van der Waals surface area (Å²) in [7, 11) is 0. The normalized spacial score (nSPS) is 28.4. The Morgan fingerprint density at radius 1 is 1.23 bits per heavy atom. The van der Waals surface area contributed by atoms with E-state index in [1.165, 1.54) is 0 Å². The molecule has 0 saturated heterocycles. The largest absolute Gasteiger partial charge is 0.465 e. The fourth-order valence-corrected chi connectivity index (χ4v) is 1.70. The van der Waals surface area contributed by atoms with Gasteiger partial charge in [-0.2, -0.15) is 0 Å². The molecule has 3 heteroatoms. The molecule has 0 radical (unpaired) electrons. The van der Waals surface area contributed by atoms with Gasteiger partial charge < -0.3 is 9.47 Å². The van der Waals surface area contributed by atoms with Crippen LogP contribution in [0.4, 0.5) is 0 Å². The minimum absolute atomic E-state index is 0.138. The van der Waals surface area contributed by atoms with Crippen molar-refractivity contribution in [2.75, 3.05) is 6.61 Å². The van der Waals surface area contributed by atoms with Gasteiger partial charge in [0.1, 0.15) is 6.10 Å². The van der Waals surface area contributed by atoms with Gasteiger partial charge in [0, 0.05) is 6.61 Å². The third kappa shape index (κ3) is 3.77. The quantitative estimate of drug-likeness (QED) is 0.615. The highest BCUT2D eigenvalue weighted by molar-refractivity contribution is 5.37. The molecule has 0 bridgehead atoms. The Kier molecular flexibility index (Phi) is 4.83. The molecule has 1 fully saturated rings. The molecule has 0 aliphatic heterocycles. The molecule has 13 heavy (non-hydrogen) atoms. The molecule has 0 amide bonds. The lowest BCUT2D eigenvalue weighted by atomic mass is 9.95. The van der Waals surface area contributed by atoms with Crippen LogP contribution in [-0.4, -0.2) is 25.3 Å². The lowest BCUT2D eigenvalue weighted by Gasteiger charge is -2.27. The highest BCUT2D eigenvalue weighted by atomic mass is 16.5. The minimum atomic E-state index is 0.138. The Morgan fingerprint density at radius 3 is 2.38 bits per heavy atom. The van der Waals surface area contributed by atoms with Gasteiger partial charge >= 0.3 is 0 Å². The first-order valence-electron chi connectivity index (χ1n) is 5.07. The monoisotopic (exact) mass is 186 g/mol. The van der Waals surface area contributed by atoms with E-state index in [2.05, 4.69) is 6.92 Å². The molecule has 0 heterocycles. The van der Waals surface area contributed by atoms with E-state index in [9.17, 15) is 4.79 Å². The zero-order valence-electron chi connectivity index (χ0n) is 8.20. The fraction of sp³-hybridized carbons (Fsp3) is 0.900. The Balaban J connectivity index is 2.11. The summed E-state index contributed by atoms with van der Waals surface area (Å²) in [6.45, 7) is 3.52. The average Bonchev–Trinajstić information content (AvgIpc) is 2.17. The summed E-state index contributed by atoms with van der Waals surface area (Å²) >= 11 is 0. The smallest absolute Gasteiger partial charge is 0.293 e. The average molecular weight is 186 g/mol. The van der Waals surface area contributed by atoms with E-state index in [4.69, 9.17) is 9.47 Å². The highest BCUT2D eigenvalue weighted by Crippen LogP contribution is 2.22. The Hall–Kier alpha value is -0.570. The van der Waals surface area contributed by atoms with Crippen molar-refractivity contribution in [3.8, 4) is 0 Å². The molecule has 3 nitrogen and oxygen atoms in total. The lowest BCUT2D eigenvalue weighted by molar-refractivity contribution is -0.136. The van der Waals surface area contributed by atoms with E-state index in [0.717, 1.165) is 38.7 Å². The first-order valence-corrected chi connectivity index (χ1v) is 5.07. The van der Waals surface area contributed by atoms with Gasteiger partial charge in [0.2, 0.25) is 0 Å². The summed E-state index contributed by atoms with van der Waals surface area (Å²) in [4.78, 5) is 10.1. The second kappa shape index (κ2) is 5.97. The van der Waals surface area contributed by atoms with Crippen molar-refractivity contribution in [2.24, 2.45) is 0 Å². The van der Waals surface area contributed by atoms with Crippen LogP contribution in [0.25, 0.3) is 0 Å². The molecule has 1 aliphatic carbocycles. The van der Waals surface area contributed by atoms with Gasteiger partial charge in [-0.1, -0.05) is 6.92 Å². The molecule has 0 N–H and O–H groups in total. The molecule has 1 aliphatic rings. The van der Waals surface area contributed by atoms with Crippen LogP contribution < -0.4 is 0 Å². The number of ether oxygens (including phenoxy) is 2. The van der Waals surface area contributed by atoms with E-state index in [0.29, 0.717) is 12.6 Å². The van der Waals surface area contributed by atoms with Gasteiger partial charge in [0.25, 0.3) is 6.47 Å². The molecule has 0 aromatic rings. The van der Waals surface area contributed by atoms with Crippen LogP contribution >= 0.6 is 0 Å². The SMILES string of the molecule is CCCOC1CCC(OC=O)CC1. The van der Waals surface area contributed by atoms with Crippen molar-refractivity contribution in [3.63, 3.8) is 0 Å². The molecule has 0 unspecified atom stereocenters. The van der Waals surface area contributed by atoms with Crippen molar-refractivity contribution in [2.45, 2.75) is 51.2 Å². The number of rotatable bonds is 5. The summed E-state index contributed by atoms with van der Waals surface area (Å²) < 4.78 is 10.5. The van der Waals surface area contributed by atoms with Crippen LogP contribution in [0.15, 0.2) is 0 Å². The Morgan fingerprint density at radius 2 is 1.85 bits per heavy atom. The maximum atomic E-state index is 10.1. The Bertz CT molecular complexity index is 139. The predicted molar refractivity (Wildman–Crippen MR) is 49.4 cm³/mol. The van der Waals surface area contributed by atoms with Crippen LogP contribution in [0.5, 0.6) is 0 Å². The second-order valence-corrected chi connectivity index (χ2v) is 3.50. The highest BCUT2D eigenvalue weighted by Gasteiger charge is 2.21. The van der Waals surface area contributed by atoms with E-state index in [-0.39, 0.29) is 6.10 Å². The number of hydrogen-bond donors (Lipinski definition) is 0. The first kappa shape index (κ1) is 10.5. The van der Waals surface area contributed by atoms with Crippen LogP contribution in [-0.2, 0) is 14.3 Å². The molecule has 0 aromatic heterocycles. The zero-order chi connectivity index (χ0) is 9.52. The molecule has 0 aromatic carbocycles. The topological polar surface area (TPSA) is 35.5 Å². The van der Waals surface area contributed by atoms with Crippen molar-refractivity contribution < 1.29 is 14.3 Å². The van der Waals surface area contributed by atoms with Gasteiger partial charge in [-0.05, 0) is 32.1 Å². The predicted octanol–water partition coefficient (Wildman–Crippen LogP) is 1.90. The number of hydrogen-bond acceptors (Lipinski definition) is 3. The number of carbonyl (C=O) groups excluding carboxylic acids is 1. The summed E-state index contributed by atoms with van der Waals surface area (Å²) in [5.74, 6) is 0. The van der Waals surface area contributed by atoms with Crippen molar-refractivity contribution in [1.29, 1.82) is 0 Å². The standard InChI is InChI=1S/C10H18O3/c1-2-7-12-9-3-5-10(6-4-9)13-8-11/h8-10H,2-7H2,1H3. The maximum Gasteiger partial charge on any atom is 0.293 e. The van der Waals surface area contributed by atoms with Crippen LogP contribution in [0.3, 0.4) is 0 Å². The van der Waals surface area contributed by atoms with E-state index in [1.807, 2.05) is 0 Å². The molecular formula is C10H18O3. The summed E-state index contributed by atoms with van der Waals surface area (Å²) in [6.07, 6.45) is 5.56. The van der Waals surface area contributed by atoms with Gasteiger partial charge in [0.15, 0.2) is 0 Å². The maximum absolute atomic E-state index is 10.1. The summed E-state index contributed by atoms with van der Waals surface area (Å²) in [5.41, 5.74) is 0. The second-order valence-electron chi connectivity index (χ2n) is 3.50. The lowest BCUT2D eigenvalue weighted by Crippen LogP contribution is -2.26. The summed E-state index contributed by atoms with van der Waals surface area (Å²) in [5, 5.41) is 0. The van der Waals surface area contributed by atoms with Crippen molar-refractivity contribution >= 4 is 6.47 Å². The van der Waals surface area contributed by atoms with Crippen LogP contribution in [0, 0.1) is 0 Å². The van der Waals surface area contributed by atoms with E-state index >= 15 is 0 Å². The zero-order valence-corrected chi connectivity index (χ0v) is 8.20. The third-order valence-electron chi connectivity index (χ3n) is 2.43. The van der Waals surface area contributed by atoms with Crippen LogP contribution in [0.1, 0.15) is 39.0 Å². The van der Waals surface area contributed by atoms with Crippen LogP contribution in [0.2, 0.25) is 0 Å². The van der Waals surface area contributed by atoms with Crippen molar-refractivity contribution in [1.82, 2.24) is 0 Å². The Labute approximate surface area is 79.4 Å². The van der Waals surface area contributed by atoms with Crippen molar-refractivity contribution in [3.05, 3.63) is 0 Å². The summed E-state index contributed by atoms with van der Waals surface area (Å²) in [6, 6.07) is 0. The molecular weight excluding hydrogens is 168 g/mol. The molecule has 1 rings (SSSR count). The van der Waals surface area contributed by atoms with Gasteiger partial charge in [0.05, 0.1) is 6.10 Å². The van der Waals surface area contributed by atoms with E-state index < -0.39 is 0 Å². The fourth-order valence-electron chi connectivity index (χ4n) is 1.70. The first-order chi connectivity index (χ1) is 6.36. The van der Waals surface area contributed by atoms with Gasteiger partial charge in [-0.3, -0.25) is 4.79 Å².